The molecule has 0 atom stereocenters. The number of hydrogen-bond acceptors (Lipinski definition) is 4. The number of methoxy groups -OCH3 is 1. The van der Waals surface area contributed by atoms with Gasteiger partial charge in [-0.05, 0) is 38.1 Å². The van der Waals surface area contributed by atoms with E-state index in [-0.39, 0.29) is 12.0 Å². The summed E-state index contributed by atoms with van der Waals surface area (Å²) in [6.45, 7) is 4.65. The molecule has 0 radical (unpaired) electrons. The maximum absolute atomic E-state index is 11.6. The third-order valence-corrected chi connectivity index (χ3v) is 2.04. The van der Waals surface area contributed by atoms with Crippen molar-refractivity contribution < 1.29 is 19.1 Å². The number of rotatable bonds is 7. The Balaban J connectivity index is 2.43. The van der Waals surface area contributed by atoms with E-state index in [0.29, 0.717) is 18.8 Å². The van der Waals surface area contributed by atoms with Crippen molar-refractivity contribution in [1.82, 2.24) is 5.48 Å². The van der Waals surface area contributed by atoms with Gasteiger partial charge in [0.1, 0.15) is 5.75 Å². The van der Waals surface area contributed by atoms with E-state index in [1.807, 2.05) is 13.8 Å². The molecule has 0 aliphatic rings. The van der Waals surface area contributed by atoms with Crippen LogP contribution in [0.5, 0.6) is 5.75 Å². The quantitative estimate of drug-likeness (QED) is 0.594. The summed E-state index contributed by atoms with van der Waals surface area (Å²) in [7, 11) is 1.57. The van der Waals surface area contributed by atoms with E-state index in [9.17, 15) is 4.79 Å². The smallest absolute Gasteiger partial charge is 0.274 e. The molecule has 0 aliphatic carbocycles. The van der Waals surface area contributed by atoms with E-state index in [0.717, 1.165) is 5.75 Å². The fourth-order valence-electron chi connectivity index (χ4n) is 1.26. The van der Waals surface area contributed by atoms with Crippen molar-refractivity contribution in [2.24, 2.45) is 0 Å². The standard InChI is InChI=1S/C13H19NO4/c1-10(2)18-12-6-4-11(5-7-12)13(15)14-17-9-8-16-3/h4-7,10H,8-9H2,1-3H3,(H,14,15). The Bertz CT molecular complexity index is 362. The predicted octanol–water partition coefficient (Wildman–Crippen LogP) is 1.78. The average molecular weight is 253 g/mol. The summed E-state index contributed by atoms with van der Waals surface area (Å²) in [6, 6.07) is 6.88. The summed E-state index contributed by atoms with van der Waals surface area (Å²) >= 11 is 0. The van der Waals surface area contributed by atoms with Crippen LogP contribution >= 0.6 is 0 Å². The van der Waals surface area contributed by atoms with Gasteiger partial charge in [-0.2, -0.15) is 0 Å². The Morgan fingerprint density at radius 3 is 2.44 bits per heavy atom. The molecule has 0 aliphatic heterocycles. The third-order valence-electron chi connectivity index (χ3n) is 2.04. The second kappa shape index (κ2) is 7.68. The SMILES string of the molecule is COCCONC(=O)c1ccc(OC(C)C)cc1. The van der Waals surface area contributed by atoms with Crippen LogP contribution in [-0.2, 0) is 9.57 Å². The van der Waals surface area contributed by atoms with Crippen LogP contribution in [0.1, 0.15) is 24.2 Å². The molecule has 1 aromatic carbocycles. The summed E-state index contributed by atoms with van der Waals surface area (Å²) in [5.41, 5.74) is 2.85. The van der Waals surface area contributed by atoms with Crippen molar-refractivity contribution in [1.29, 1.82) is 0 Å². The summed E-state index contributed by atoms with van der Waals surface area (Å²) in [6.07, 6.45) is 0.113. The second-order valence-electron chi connectivity index (χ2n) is 3.96. The van der Waals surface area contributed by atoms with Gasteiger partial charge in [-0.25, -0.2) is 5.48 Å². The average Bonchev–Trinajstić information content (AvgIpc) is 2.34. The van der Waals surface area contributed by atoms with Gasteiger partial charge in [-0.15, -0.1) is 0 Å². The van der Waals surface area contributed by atoms with Crippen LogP contribution in [-0.4, -0.2) is 32.3 Å². The molecule has 0 unspecified atom stereocenters. The van der Waals surface area contributed by atoms with E-state index < -0.39 is 0 Å². The lowest BCUT2D eigenvalue weighted by Gasteiger charge is -2.10. The molecule has 1 N–H and O–H groups in total. The van der Waals surface area contributed by atoms with Crippen LogP contribution in [0.3, 0.4) is 0 Å². The zero-order chi connectivity index (χ0) is 13.4. The number of ether oxygens (including phenoxy) is 2. The van der Waals surface area contributed by atoms with Gasteiger partial charge in [0, 0.05) is 12.7 Å². The minimum atomic E-state index is -0.290. The molecule has 0 bridgehead atoms. The van der Waals surface area contributed by atoms with Gasteiger partial charge in [0.05, 0.1) is 19.3 Å². The lowest BCUT2D eigenvalue weighted by molar-refractivity contribution is 0.00888. The molecule has 1 amide bonds. The number of carbonyl (C=O) groups is 1. The first kappa shape index (κ1) is 14.5. The lowest BCUT2D eigenvalue weighted by atomic mass is 10.2. The molecule has 0 saturated heterocycles. The van der Waals surface area contributed by atoms with Crippen molar-refractivity contribution in [3.63, 3.8) is 0 Å². The Hall–Kier alpha value is -1.59. The van der Waals surface area contributed by atoms with Crippen LogP contribution < -0.4 is 10.2 Å². The molecule has 18 heavy (non-hydrogen) atoms. The highest BCUT2D eigenvalue weighted by atomic mass is 16.7. The van der Waals surface area contributed by atoms with Crippen LogP contribution in [0.25, 0.3) is 0 Å². The molecule has 0 saturated carbocycles. The van der Waals surface area contributed by atoms with Crippen molar-refractivity contribution in [3.05, 3.63) is 29.8 Å². The van der Waals surface area contributed by atoms with Gasteiger partial charge in [-0.3, -0.25) is 9.63 Å². The minimum Gasteiger partial charge on any atom is -0.491 e. The Labute approximate surface area is 107 Å². The molecular formula is C13H19NO4. The third kappa shape index (κ3) is 5.16. The number of hydroxylamine groups is 1. The zero-order valence-electron chi connectivity index (χ0n) is 10.9. The van der Waals surface area contributed by atoms with Crippen LogP contribution in [0.4, 0.5) is 0 Å². The van der Waals surface area contributed by atoms with Gasteiger partial charge in [0.15, 0.2) is 0 Å². The number of carbonyl (C=O) groups excluding carboxylic acids is 1. The zero-order valence-corrected chi connectivity index (χ0v) is 10.9. The molecule has 5 nitrogen and oxygen atoms in total. The minimum absolute atomic E-state index is 0.113. The number of amides is 1. The first-order valence-corrected chi connectivity index (χ1v) is 5.81. The molecule has 1 rings (SSSR count). The molecule has 0 spiro atoms. The molecule has 0 aromatic heterocycles. The van der Waals surface area contributed by atoms with Crippen molar-refractivity contribution >= 4 is 5.91 Å². The van der Waals surface area contributed by atoms with E-state index in [4.69, 9.17) is 14.3 Å². The van der Waals surface area contributed by atoms with E-state index in [1.54, 1.807) is 31.4 Å². The van der Waals surface area contributed by atoms with Gasteiger partial charge >= 0.3 is 0 Å². The molecule has 5 heteroatoms. The lowest BCUT2D eigenvalue weighted by Crippen LogP contribution is -2.25. The highest BCUT2D eigenvalue weighted by Gasteiger charge is 2.05. The maximum Gasteiger partial charge on any atom is 0.274 e. The molecule has 0 heterocycles. The Kier molecular flexibility index (Phi) is 6.18. The van der Waals surface area contributed by atoms with E-state index >= 15 is 0 Å². The number of nitrogens with one attached hydrogen (secondary N) is 1. The Morgan fingerprint density at radius 1 is 1.22 bits per heavy atom. The monoisotopic (exact) mass is 253 g/mol. The topological polar surface area (TPSA) is 56.8 Å². The summed E-state index contributed by atoms with van der Waals surface area (Å²) in [4.78, 5) is 16.6. The summed E-state index contributed by atoms with van der Waals surface area (Å²) in [5.74, 6) is 0.448. The number of benzene rings is 1. The summed E-state index contributed by atoms with van der Waals surface area (Å²) in [5, 5.41) is 0. The van der Waals surface area contributed by atoms with E-state index in [1.165, 1.54) is 0 Å². The largest absolute Gasteiger partial charge is 0.491 e. The van der Waals surface area contributed by atoms with E-state index in [2.05, 4.69) is 5.48 Å². The van der Waals surface area contributed by atoms with Crippen LogP contribution in [0, 0.1) is 0 Å². The van der Waals surface area contributed by atoms with Gasteiger partial charge in [-0.1, -0.05) is 0 Å². The fraction of sp³-hybridized carbons (Fsp3) is 0.462. The van der Waals surface area contributed by atoms with Gasteiger partial charge < -0.3 is 9.47 Å². The van der Waals surface area contributed by atoms with Crippen molar-refractivity contribution in [2.45, 2.75) is 20.0 Å². The molecule has 1 aromatic rings. The highest BCUT2D eigenvalue weighted by Crippen LogP contribution is 2.13. The Morgan fingerprint density at radius 2 is 1.89 bits per heavy atom. The second-order valence-corrected chi connectivity index (χ2v) is 3.96. The van der Waals surface area contributed by atoms with Crippen LogP contribution in [0.2, 0.25) is 0 Å². The number of hydrogen-bond donors (Lipinski definition) is 1. The fourth-order valence-corrected chi connectivity index (χ4v) is 1.26. The predicted molar refractivity (Wildman–Crippen MR) is 67.5 cm³/mol. The molecule has 0 fully saturated rings. The maximum atomic E-state index is 11.6. The normalized spacial score (nSPS) is 10.4. The van der Waals surface area contributed by atoms with Crippen molar-refractivity contribution in [2.75, 3.05) is 20.3 Å². The van der Waals surface area contributed by atoms with Gasteiger partial charge in [0.2, 0.25) is 0 Å². The first-order valence-electron chi connectivity index (χ1n) is 5.81. The first-order chi connectivity index (χ1) is 8.63. The molecular weight excluding hydrogens is 234 g/mol. The van der Waals surface area contributed by atoms with Crippen LogP contribution in [0.15, 0.2) is 24.3 Å². The molecule has 100 valence electrons. The van der Waals surface area contributed by atoms with Gasteiger partial charge in [0.25, 0.3) is 5.91 Å². The van der Waals surface area contributed by atoms with Crippen molar-refractivity contribution in [3.8, 4) is 5.75 Å². The highest BCUT2D eigenvalue weighted by molar-refractivity contribution is 5.93. The summed E-state index contributed by atoms with van der Waals surface area (Å²) < 4.78 is 10.3.